The molecule has 2 aliphatic heterocycles. The summed E-state index contributed by atoms with van der Waals surface area (Å²) in [5, 5.41) is 27.9. The number of thioether (sulfide) groups is 2. The fourth-order valence-corrected chi connectivity index (χ4v) is 6.59. The Labute approximate surface area is 238 Å². The lowest BCUT2D eigenvalue weighted by Crippen LogP contribution is -2.71. The van der Waals surface area contributed by atoms with Gasteiger partial charge in [-0.2, -0.15) is 9.36 Å². The van der Waals surface area contributed by atoms with E-state index < -0.39 is 29.2 Å². The monoisotopic (exact) mass is 600 g/mol. The van der Waals surface area contributed by atoms with Crippen molar-refractivity contribution in [2.75, 3.05) is 17.2 Å². The van der Waals surface area contributed by atoms with E-state index in [-0.39, 0.29) is 28.1 Å². The number of hydrogen-bond acceptors (Lipinski definition) is 14. The van der Waals surface area contributed by atoms with Gasteiger partial charge in [0.25, 0.3) is 11.8 Å². The molecule has 0 saturated carbocycles. The molecule has 15 nitrogen and oxygen atoms in total. The van der Waals surface area contributed by atoms with Gasteiger partial charge < -0.3 is 21.0 Å². The zero-order valence-electron chi connectivity index (χ0n) is 20.4. The number of aromatic nitrogens is 6. The van der Waals surface area contributed by atoms with E-state index in [1.807, 2.05) is 0 Å². The number of benzene rings is 1. The molecule has 0 spiro atoms. The number of carboxylic acid groups (broad SMARTS) is 1. The predicted octanol–water partition coefficient (Wildman–Crippen LogP) is 0.607. The minimum Gasteiger partial charge on any atom is -0.477 e. The molecule has 206 valence electrons. The third-order valence-electron chi connectivity index (χ3n) is 5.57. The molecule has 2 atom stereocenters. The number of fused-ring (bicyclic) bond motifs is 1. The van der Waals surface area contributed by atoms with E-state index in [2.05, 4.69) is 41.9 Å². The third-order valence-corrected chi connectivity index (χ3v) is 8.49. The molecule has 18 heteroatoms. The molecule has 1 unspecified atom stereocenters. The van der Waals surface area contributed by atoms with Gasteiger partial charge in [-0.05, 0) is 28.1 Å². The molecule has 3 aromatic rings. The first-order chi connectivity index (χ1) is 19.4. The van der Waals surface area contributed by atoms with Crippen LogP contribution in [0.5, 0.6) is 5.75 Å². The van der Waals surface area contributed by atoms with Crippen molar-refractivity contribution in [1.82, 2.24) is 39.8 Å². The van der Waals surface area contributed by atoms with E-state index in [4.69, 9.17) is 10.6 Å². The standard InChI is InChI=1S/C22H20N10O5S3/c1-2-8-31-22(26-29-30-31)39-10-11-9-38-19-14(18(34)32(19)15(11)20(35)36)24-17(33)13(16-25-21(23)40-28-16)27-37-12-6-4-3-5-7-12/h2-7,14,19H,1,8-10H2,(H,24,33)(H,35,36)(H2,23,25,28)/b27-13-/t14?,19-/m1/s1. The fourth-order valence-electron chi connectivity index (χ4n) is 3.79. The summed E-state index contributed by atoms with van der Waals surface area (Å²) in [6.45, 7) is 4.06. The maximum atomic E-state index is 13.2. The second-order valence-electron chi connectivity index (χ2n) is 8.14. The predicted molar refractivity (Wildman–Crippen MR) is 146 cm³/mol. The van der Waals surface area contributed by atoms with Crippen molar-refractivity contribution in [3.63, 3.8) is 0 Å². The van der Waals surface area contributed by atoms with E-state index >= 15 is 0 Å². The highest BCUT2D eigenvalue weighted by Gasteiger charge is 2.54. The van der Waals surface area contributed by atoms with E-state index in [1.165, 1.54) is 33.1 Å². The highest BCUT2D eigenvalue weighted by atomic mass is 32.2. The van der Waals surface area contributed by atoms with Crippen LogP contribution >= 0.6 is 35.1 Å². The summed E-state index contributed by atoms with van der Waals surface area (Å²) in [4.78, 5) is 49.1. The highest BCUT2D eigenvalue weighted by Crippen LogP contribution is 2.41. The van der Waals surface area contributed by atoms with Crippen LogP contribution in [0.2, 0.25) is 0 Å². The van der Waals surface area contributed by atoms with Gasteiger partial charge in [0.15, 0.2) is 10.9 Å². The van der Waals surface area contributed by atoms with E-state index in [0.29, 0.717) is 28.8 Å². The van der Waals surface area contributed by atoms with Crippen molar-refractivity contribution < 1.29 is 24.3 Å². The molecule has 0 radical (unpaired) electrons. The number of rotatable bonds is 11. The SMILES string of the molecule is C=CCn1nnnc1SCC1=C(C(=O)O)N2C(=O)C(NC(=O)/C(=N\Oc3ccccc3)c3nsc(N)n3)[C@H]2SC1. The lowest BCUT2D eigenvalue weighted by Gasteiger charge is -2.49. The van der Waals surface area contributed by atoms with Gasteiger partial charge in [0.05, 0.1) is 6.54 Å². The van der Waals surface area contributed by atoms with Gasteiger partial charge in [-0.15, -0.1) is 23.4 Å². The quantitative estimate of drug-likeness (QED) is 0.0908. The number of aliphatic carboxylic acids is 1. The van der Waals surface area contributed by atoms with E-state index in [0.717, 1.165) is 11.5 Å². The van der Waals surface area contributed by atoms with Crippen molar-refractivity contribution in [2.24, 2.45) is 5.16 Å². The molecule has 0 bridgehead atoms. The first-order valence-corrected chi connectivity index (χ1v) is 14.3. The fraction of sp³-hybridized carbons (Fsp3) is 0.227. The summed E-state index contributed by atoms with van der Waals surface area (Å²) in [7, 11) is 0. The van der Waals surface area contributed by atoms with Gasteiger partial charge in [0.2, 0.25) is 16.7 Å². The Kier molecular flexibility index (Phi) is 8.08. The molecule has 4 heterocycles. The van der Waals surface area contributed by atoms with Crippen molar-refractivity contribution in [3.05, 3.63) is 60.1 Å². The number of β-lactam (4-membered cyclic amide) rings is 1. The number of carboxylic acids is 1. The summed E-state index contributed by atoms with van der Waals surface area (Å²) in [6.07, 6.45) is 1.64. The van der Waals surface area contributed by atoms with Crippen LogP contribution < -0.4 is 15.9 Å². The van der Waals surface area contributed by atoms with Gasteiger partial charge in [-0.25, -0.2) is 9.48 Å². The summed E-state index contributed by atoms with van der Waals surface area (Å²) in [5.41, 5.74) is 5.81. The molecule has 4 N–H and O–H groups in total. The summed E-state index contributed by atoms with van der Waals surface area (Å²) < 4.78 is 5.56. The van der Waals surface area contributed by atoms with Gasteiger partial charge in [0.1, 0.15) is 17.1 Å². The van der Waals surface area contributed by atoms with Gasteiger partial charge >= 0.3 is 5.97 Å². The number of tetrazole rings is 1. The molecular formula is C22H20N10O5S3. The maximum Gasteiger partial charge on any atom is 0.352 e. The van der Waals surface area contributed by atoms with Gasteiger partial charge in [0, 0.05) is 23.0 Å². The van der Waals surface area contributed by atoms with E-state index in [1.54, 1.807) is 36.4 Å². The van der Waals surface area contributed by atoms with Crippen LogP contribution in [-0.4, -0.2) is 86.0 Å². The number of anilines is 1. The molecule has 2 aliphatic rings. The summed E-state index contributed by atoms with van der Waals surface area (Å²) in [5.74, 6) is -1.72. The van der Waals surface area contributed by atoms with Gasteiger partial charge in [-0.1, -0.05) is 41.2 Å². The number of allylic oxidation sites excluding steroid dienone is 1. The number of nitrogens with two attached hydrogens (primary N) is 1. The number of amides is 2. The lowest BCUT2D eigenvalue weighted by molar-refractivity contribution is -0.150. The van der Waals surface area contributed by atoms with Crippen LogP contribution in [0.1, 0.15) is 5.82 Å². The summed E-state index contributed by atoms with van der Waals surface area (Å²) >= 11 is 3.45. The Morgan fingerprint density at radius 3 is 2.85 bits per heavy atom. The molecule has 2 amide bonds. The maximum absolute atomic E-state index is 13.2. The average Bonchev–Trinajstić information content (AvgIpc) is 3.59. The topological polar surface area (TPSA) is 204 Å². The first-order valence-electron chi connectivity index (χ1n) is 11.5. The number of carbonyl (C=O) groups is 3. The first kappa shape index (κ1) is 27.3. The zero-order valence-corrected chi connectivity index (χ0v) is 22.9. The average molecular weight is 601 g/mol. The number of nitrogens with one attached hydrogen (secondary N) is 1. The van der Waals surface area contributed by atoms with Crippen LogP contribution in [0.4, 0.5) is 5.13 Å². The molecule has 1 saturated heterocycles. The normalized spacial score (nSPS) is 18.6. The Morgan fingerprint density at radius 2 is 2.15 bits per heavy atom. The van der Waals surface area contributed by atoms with Crippen LogP contribution in [0.25, 0.3) is 0 Å². The van der Waals surface area contributed by atoms with Crippen LogP contribution in [0, 0.1) is 0 Å². The number of nitrogen functional groups attached to an aromatic ring is 1. The molecular weight excluding hydrogens is 581 g/mol. The smallest absolute Gasteiger partial charge is 0.352 e. The van der Waals surface area contributed by atoms with Crippen molar-refractivity contribution >= 4 is 63.7 Å². The second-order valence-corrected chi connectivity index (χ2v) is 11.0. The number of oxime groups is 1. The van der Waals surface area contributed by atoms with Crippen LogP contribution in [0.15, 0.2) is 64.6 Å². The highest BCUT2D eigenvalue weighted by molar-refractivity contribution is 8.01. The number of carbonyl (C=O) groups excluding carboxylic acids is 2. The third kappa shape index (κ3) is 5.54. The minimum absolute atomic E-state index is 0.0694. The second kappa shape index (κ2) is 11.8. The number of para-hydroxylation sites is 1. The Hall–Kier alpha value is -4.29. The number of nitrogens with zero attached hydrogens (tertiary/aromatic N) is 8. The van der Waals surface area contributed by atoms with E-state index in [9.17, 15) is 19.5 Å². The summed E-state index contributed by atoms with van der Waals surface area (Å²) in [6, 6.07) is 7.54. The molecule has 0 aliphatic carbocycles. The van der Waals surface area contributed by atoms with Gasteiger partial charge in [-0.3, -0.25) is 14.5 Å². The lowest BCUT2D eigenvalue weighted by atomic mass is 10.0. The van der Waals surface area contributed by atoms with Crippen LogP contribution in [0.3, 0.4) is 0 Å². The Balaban J connectivity index is 1.31. The molecule has 5 rings (SSSR count). The molecule has 2 aromatic heterocycles. The molecule has 1 fully saturated rings. The Morgan fingerprint density at radius 1 is 1.35 bits per heavy atom. The molecule has 1 aromatic carbocycles. The largest absolute Gasteiger partial charge is 0.477 e. The molecule has 40 heavy (non-hydrogen) atoms. The number of hydrogen-bond donors (Lipinski definition) is 3. The van der Waals surface area contributed by atoms with Crippen molar-refractivity contribution in [3.8, 4) is 5.75 Å². The zero-order chi connectivity index (χ0) is 28.2. The Bertz CT molecular complexity index is 1520. The minimum atomic E-state index is -1.25. The van der Waals surface area contributed by atoms with Crippen LogP contribution in [-0.2, 0) is 20.9 Å². The van der Waals surface area contributed by atoms with Crippen molar-refractivity contribution in [2.45, 2.75) is 23.1 Å². The van der Waals surface area contributed by atoms with Crippen molar-refractivity contribution in [1.29, 1.82) is 0 Å².